The topological polar surface area (TPSA) is 132 Å². The van der Waals surface area contributed by atoms with Crippen LogP contribution in [0.15, 0.2) is 32.4 Å². The summed E-state index contributed by atoms with van der Waals surface area (Å²) in [5.41, 5.74) is -0.564. The number of aromatic nitrogens is 4. The Morgan fingerprint density at radius 2 is 2.16 bits per heavy atom. The fraction of sp³-hybridized carbons (Fsp3) is 0.476. The van der Waals surface area contributed by atoms with Crippen molar-refractivity contribution >= 4 is 23.0 Å². The van der Waals surface area contributed by atoms with Crippen LogP contribution in [0.4, 0.5) is 0 Å². The molecule has 3 aromatic heterocycles. The average molecular weight is 443 g/mol. The van der Waals surface area contributed by atoms with Crippen LogP contribution in [0.2, 0.25) is 0 Å². The summed E-state index contributed by atoms with van der Waals surface area (Å²) in [6.07, 6.45) is 4.20. The van der Waals surface area contributed by atoms with Gasteiger partial charge in [0.25, 0.3) is 11.5 Å². The minimum atomic E-state index is -0.714. The number of nitrogens with zero attached hydrogens (tertiary/aromatic N) is 4. The van der Waals surface area contributed by atoms with Crippen LogP contribution in [0.5, 0.6) is 0 Å². The molecule has 1 N–H and O–H groups in total. The molecule has 0 unspecified atom stereocenters. The van der Waals surface area contributed by atoms with Crippen molar-refractivity contribution in [1.29, 1.82) is 0 Å². The van der Waals surface area contributed by atoms with Crippen LogP contribution in [-0.4, -0.2) is 48.5 Å². The van der Waals surface area contributed by atoms with E-state index in [0.29, 0.717) is 31.8 Å². The van der Waals surface area contributed by atoms with E-state index in [9.17, 15) is 19.2 Å². The van der Waals surface area contributed by atoms with Gasteiger partial charge in [-0.3, -0.25) is 19.1 Å². The molecular formula is C21H25N5O6. The highest BCUT2D eigenvalue weighted by Gasteiger charge is 2.36. The van der Waals surface area contributed by atoms with E-state index < -0.39 is 23.3 Å². The summed E-state index contributed by atoms with van der Waals surface area (Å²) in [4.78, 5) is 58.1. The molecule has 4 rings (SSSR count). The number of H-pyrrole nitrogens is 1. The van der Waals surface area contributed by atoms with E-state index in [4.69, 9.17) is 9.15 Å². The van der Waals surface area contributed by atoms with E-state index in [-0.39, 0.29) is 29.4 Å². The van der Waals surface area contributed by atoms with Crippen molar-refractivity contribution in [3.8, 4) is 0 Å². The number of hydrogen-bond acceptors (Lipinski definition) is 7. The molecule has 0 bridgehead atoms. The molecule has 1 atom stereocenters. The first kappa shape index (κ1) is 21.6. The Labute approximate surface area is 182 Å². The molecular weight excluding hydrogens is 418 g/mol. The van der Waals surface area contributed by atoms with Gasteiger partial charge in [-0.1, -0.05) is 13.3 Å². The van der Waals surface area contributed by atoms with Gasteiger partial charge in [0.05, 0.1) is 6.26 Å². The molecule has 32 heavy (non-hydrogen) atoms. The first-order chi connectivity index (χ1) is 15.4. The first-order valence-electron chi connectivity index (χ1n) is 10.6. The lowest BCUT2D eigenvalue weighted by Gasteiger charge is -2.22. The summed E-state index contributed by atoms with van der Waals surface area (Å²) in [6.45, 7) is 2.67. The van der Waals surface area contributed by atoms with Crippen molar-refractivity contribution in [2.24, 2.45) is 7.05 Å². The maximum absolute atomic E-state index is 12.8. The quantitative estimate of drug-likeness (QED) is 0.542. The van der Waals surface area contributed by atoms with E-state index in [1.807, 2.05) is 6.92 Å². The lowest BCUT2D eigenvalue weighted by molar-refractivity contribution is -0.149. The Morgan fingerprint density at radius 3 is 2.88 bits per heavy atom. The average Bonchev–Trinajstić information content (AvgIpc) is 3.52. The zero-order valence-electron chi connectivity index (χ0n) is 18.0. The fourth-order valence-electron chi connectivity index (χ4n) is 3.97. The highest BCUT2D eigenvalue weighted by molar-refractivity contribution is 5.95. The number of esters is 1. The van der Waals surface area contributed by atoms with Gasteiger partial charge in [0.2, 0.25) is 0 Å². The molecule has 1 aliphatic rings. The van der Waals surface area contributed by atoms with Crippen LogP contribution in [0.1, 0.15) is 49.0 Å². The van der Waals surface area contributed by atoms with E-state index >= 15 is 0 Å². The molecule has 4 heterocycles. The third-order valence-electron chi connectivity index (χ3n) is 5.70. The molecule has 1 saturated heterocycles. The second-order valence-electron chi connectivity index (χ2n) is 7.77. The summed E-state index contributed by atoms with van der Waals surface area (Å²) in [6, 6.07) is 2.45. The molecule has 3 aromatic rings. The predicted molar refractivity (Wildman–Crippen MR) is 113 cm³/mol. The van der Waals surface area contributed by atoms with Crippen LogP contribution in [0.25, 0.3) is 11.2 Å². The summed E-state index contributed by atoms with van der Waals surface area (Å²) >= 11 is 0. The normalized spacial score (nSPS) is 16.1. The fourth-order valence-corrected chi connectivity index (χ4v) is 3.97. The number of ether oxygens (including phenoxy) is 1. The Balaban J connectivity index is 1.54. The molecule has 0 saturated carbocycles. The first-order valence-corrected chi connectivity index (χ1v) is 10.6. The number of furan rings is 1. The van der Waals surface area contributed by atoms with Gasteiger partial charge in [-0.15, -0.1) is 0 Å². The van der Waals surface area contributed by atoms with Gasteiger partial charge < -0.3 is 18.6 Å². The highest BCUT2D eigenvalue weighted by Crippen LogP contribution is 2.22. The molecule has 0 aliphatic carbocycles. The zero-order chi connectivity index (χ0) is 22.8. The number of aryl methyl sites for hydroxylation is 2. The number of hydrogen-bond donors (Lipinski definition) is 1. The zero-order valence-corrected chi connectivity index (χ0v) is 18.0. The van der Waals surface area contributed by atoms with Gasteiger partial charge in [-0.25, -0.2) is 14.6 Å². The monoisotopic (exact) mass is 443 g/mol. The minimum absolute atomic E-state index is 0.171. The third-order valence-corrected chi connectivity index (χ3v) is 5.70. The Bertz CT molecular complexity index is 1250. The summed E-state index contributed by atoms with van der Waals surface area (Å²) in [5.74, 6) is -0.406. The van der Waals surface area contributed by atoms with Crippen molar-refractivity contribution in [3.05, 3.63) is 50.8 Å². The van der Waals surface area contributed by atoms with E-state index in [2.05, 4.69) is 9.97 Å². The molecule has 1 fully saturated rings. The lowest BCUT2D eigenvalue weighted by atomic mass is 10.2. The number of nitrogens with one attached hydrogen (secondary N) is 1. The van der Waals surface area contributed by atoms with Crippen molar-refractivity contribution < 1.29 is 18.7 Å². The number of imidazole rings is 1. The van der Waals surface area contributed by atoms with Crippen molar-refractivity contribution in [3.63, 3.8) is 0 Å². The third kappa shape index (κ3) is 3.85. The second-order valence-corrected chi connectivity index (χ2v) is 7.77. The van der Waals surface area contributed by atoms with Crippen LogP contribution >= 0.6 is 0 Å². The standard InChI is InChI=1S/C21H25N5O6/c1-3-4-9-26-17-16(18(27)23-21(26)30)24(2)15(22-17)12-32-20(29)13-7-5-10-25(13)19(28)14-8-6-11-31-14/h6,8,11,13H,3-5,7,9-10,12H2,1-2H3,(H,23,27,30)/t13-/m0/s1. The molecule has 1 aliphatic heterocycles. The largest absolute Gasteiger partial charge is 0.459 e. The Morgan fingerprint density at radius 1 is 1.34 bits per heavy atom. The van der Waals surface area contributed by atoms with E-state index in [0.717, 1.165) is 12.8 Å². The smallest absolute Gasteiger partial charge is 0.330 e. The highest BCUT2D eigenvalue weighted by atomic mass is 16.5. The van der Waals surface area contributed by atoms with Crippen molar-refractivity contribution in [2.45, 2.75) is 51.8 Å². The number of aromatic amines is 1. The molecule has 170 valence electrons. The summed E-state index contributed by atoms with van der Waals surface area (Å²) in [5, 5.41) is 0. The number of likely N-dealkylation sites (tertiary alicyclic amines) is 1. The number of amides is 1. The molecule has 11 heteroatoms. The van der Waals surface area contributed by atoms with Gasteiger partial charge in [0, 0.05) is 20.1 Å². The maximum Gasteiger partial charge on any atom is 0.330 e. The summed E-state index contributed by atoms with van der Waals surface area (Å²) < 4.78 is 13.6. The van der Waals surface area contributed by atoms with Crippen LogP contribution in [0.3, 0.4) is 0 Å². The maximum atomic E-state index is 12.8. The summed E-state index contributed by atoms with van der Waals surface area (Å²) in [7, 11) is 1.63. The molecule has 11 nitrogen and oxygen atoms in total. The minimum Gasteiger partial charge on any atom is -0.459 e. The van der Waals surface area contributed by atoms with Crippen molar-refractivity contribution in [2.75, 3.05) is 6.54 Å². The van der Waals surface area contributed by atoms with Gasteiger partial charge in [0.1, 0.15) is 18.5 Å². The Kier molecular flexibility index (Phi) is 5.97. The van der Waals surface area contributed by atoms with Gasteiger partial charge in [0.15, 0.2) is 16.9 Å². The van der Waals surface area contributed by atoms with Crippen LogP contribution < -0.4 is 11.2 Å². The number of carbonyl (C=O) groups is 2. The Hall–Kier alpha value is -3.63. The number of fused-ring (bicyclic) bond motifs is 1. The number of carbonyl (C=O) groups excluding carboxylic acids is 2. The SMILES string of the molecule is CCCCn1c(=O)[nH]c(=O)c2c1nc(COC(=O)[C@@H]1CCCN1C(=O)c1ccco1)n2C. The van der Waals surface area contributed by atoms with Gasteiger partial charge in [-0.2, -0.15) is 0 Å². The second kappa shape index (κ2) is 8.85. The van der Waals surface area contributed by atoms with Crippen LogP contribution in [0, 0.1) is 0 Å². The number of rotatable bonds is 7. The van der Waals surface area contributed by atoms with Crippen molar-refractivity contribution in [1.82, 2.24) is 24.0 Å². The molecule has 0 spiro atoms. The lowest BCUT2D eigenvalue weighted by Crippen LogP contribution is -2.41. The van der Waals surface area contributed by atoms with Gasteiger partial charge in [-0.05, 0) is 31.4 Å². The van der Waals surface area contributed by atoms with E-state index in [1.165, 1.54) is 20.3 Å². The molecule has 1 amide bonds. The van der Waals surface area contributed by atoms with Crippen LogP contribution in [-0.2, 0) is 29.7 Å². The molecule has 0 radical (unpaired) electrons. The van der Waals surface area contributed by atoms with E-state index in [1.54, 1.807) is 19.2 Å². The predicted octanol–water partition coefficient (Wildman–Crippen LogP) is 1.16. The number of unbranched alkanes of at least 4 members (excludes halogenated alkanes) is 1. The van der Waals surface area contributed by atoms with Gasteiger partial charge >= 0.3 is 11.7 Å². The molecule has 0 aromatic carbocycles.